The van der Waals surface area contributed by atoms with E-state index in [-0.39, 0.29) is 11.6 Å². The first-order valence-corrected chi connectivity index (χ1v) is 4.48. The van der Waals surface area contributed by atoms with Gasteiger partial charge < -0.3 is 0 Å². The number of hydrogen-bond acceptors (Lipinski definition) is 2. The molecule has 0 fully saturated rings. The number of nitrogens with zero attached hydrogens (tertiary/aromatic N) is 1. The highest BCUT2D eigenvalue weighted by Gasteiger charge is 2.08. The van der Waals surface area contributed by atoms with Crippen LogP contribution in [0.15, 0.2) is 18.2 Å². The fourth-order valence-corrected chi connectivity index (χ4v) is 1.14. The van der Waals surface area contributed by atoms with Gasteiger partial charge in [-0.1, -0.05) is 11.8 Å². The maximum absolute atomic E-state index is 10.5. The van der Waals surface area contributed by atoms with Gasteiger partial charge in [-0.25, -0.2) is 0 Å². The van der Waals surface area contributed by atoms with Crippen LogP contribution >= 0.6 is 11.6 Å². The smallest absolute Gasteiger partial charge is 0.258 e. The molecule has 0 unspecified atom stereocenters. The molecule has 0 spiro atoms. The molecule has 0 heterocycles. The number of benzene rings is 1. The van der Waals surface area contributed by atoms with Crippen molar-refractivity contribution in [2.75, 3.05) is 5.88 Å². The fraction of sp³-hybridized carbons (Fsp3) is 0.200. The molecule has 1 rings (SSSR count). The van der Waals surface area contributed by atoms with Crippen molar-refractivity contribution in [3.63, 3.8) is 0 Å². The standard InChI is InChI=1S/C10H8ClNO2/c1-8-7-9(3-2-6-11)4-5-10(8)12(13)14/h4-5,7H,6H2,1H3. The third kappa shape index (κ3) is 2.48. The highest BCUT2D eigenvalue weighted by atomic mass is 35.5. The second-order valence-corrected chi connectivity index (χ2v) is 2.96. The zero-order valence-corrected chi connectivity index (χ0v) is 8.34. The molecule has 3 nitrogen and oxygen atoms in total. The van der Waals surface area contributed by atoms with Crippen molar-refractivity contribution in [1.29, 1.82) is 0 Å². The first-order valence-electron chi connectivity index (χ1n) is 3.95. The van der Waals surface area contributed by atoms with Gasteiger partial charge in [0.15, 0.2) is 0 Å². The minimum atomic E-state index is -0.409. The average Bonchev–Trinajstić information content (AvgIpc) is 2.14. The molecular formula is C10H8ClNO2. The lowest BCUT2D eigenvalue weighted by Gasteiger charge is -1.96. The van der Waals surface area contributed by atoms with Gasteiger partial charge in [-0.3, -0.25) is 10.1 Å². The van der Waals surface area contributed by atoms with Gasteiger partial charge >= 0.3 is 0 Å². The molecule has 0 atom stereocenters. The van der Waals surface area contributed by atoms with Crippen LogP contribution in [0.2, 0.25) is 0 Å². The Kier molecular flexibility index (Phi) is 3.49. The molecule has 0 aliphatic carbocycles. The third-order valence-electron chi connectivity index (χ3n) is 1.69. The molecule has 0 saturated heterocycles. The van der Waals surface area contributed by atoms with Gasteiger partial charge in [-0.2, -0.15) is 0 Å². The Balaban J connectivity index is 3.06. The van der Waals surface area contributed by atoms with E-state index in [9.17, 15) is 10.1 Å². The molecule has 1 aromatic carbocycles. The lowest BCUT2D eigenvalue weighted by Crippen LogP contribution is -1.91. The molecule has 4 heteroatoms. The minimum absolute atomic E-state index is 0.112. The zero-order chi connectivity index (χ0) is 10.6. The normalized spacial score (nSPS) is 9.00. The van der Waals surface area contributed by atoms with Crippen molar-refractivity contribution in [3.05, 3.63) is 39.4 Å². The summed E-state index contributed by atoms with van der Waals surface area (Å²) in [5.41, 5.74) is 1.46. The van der Waals surface area contributed by atoms with Crippen LogP contribution in [0.5, 0.6) is 0 Å². The molecule has 0 aliphatic heterocycles. The predicted octanol–water partition coefficient (Wildman–Crippen LogP) is 2.49. The molecular weight excluding hydrogens is 202 g/mol. The van der Waals surface area contributed by atoms with E-state index in [1.165, 1.54) is 6.07 Å². The maximum atomic E-state index is 10.5. The Morgan fingerprint density at radius 3 is 2.79 bits per heavy atom. The molecule has 72 valence electrons. The molecule has 0 saturated carbocycles. The molecule has 14 heavy (non-hydrogen) atoms. The van der Waals surface area contributed by atoms with Gasteiger partial charge in [-0.15, -0.1) is 11.6 Å². The topological polar surface area (TPSA) is 43.1 Å². The van der Waals surface area contributed by atoms with Gasteiger partial charge in [0.2, 0.25) is 0 Å². The van der Waals surface area contributed by atoms with Crippen molar-refractivity contribution in [1.82, 2.24) is 0 Å². The summed E-state index contributed by atoms with van der Waals surface area (Å²) in [6.07, 6.45) is 0. The first-order chi connectivity index (χ1) is 6.65. The molecule has 0 amide bonds. The number of alkyl halides is 1. The van der Waals surface area contributed by atoms with E-state index in [2.05, 4.69) is 11.8 Å². The van der Waals surface area contributed by atoms with Crippen LogP contribution in [0.25, 0.3) is 0 Å². The maximum Gasteiger partial charge on any atom is 0.272 e. The zero-order valence-electron chi connectivity index (χ0n) is 7.58. The van der Waals surface area contributed by atoms with Gasteiger partial charge in [0, 0.05) is 17.2 Å². The van der Waals surface area contributed by atoms with Crippen LogP contribution in [0.3, 0.4) is 0 Å². The molecule has 0 radical (unpaired) electrons. The van der Waals surface area contributed by atoms with E-state index in [0.29, 0.717) is 5.56 Å². The Hall–Kier alpha value is -1.53. The van der Waals surface area contributed by atoms with Gasteiger partial charge in [0.05, 0.1) is 10.8 Å². The van der Waals surface area contributed by atoms with Crippen molar-refractivity contribution in [3.8, 4) is 11.8 Å². The highest BCUT2D eigenvalue weighted by molar-refractivity contribution is 6.19. The summed E-state index contributed by atoms with van der Waals surface area (Å²) in [5.74, 6) is 5.74. The third-order valence-corrected chi connectivity index (χ3v) is 1.83. The van der Waals surface area contributed by atoms with Crippen molar-refractivity contribution in [2.45, 2.75) is 6.92 Å². The summed E-state index contributed by atoms with van der Waals surface area (Å²) in [5, 5.41) is 10.5. The number of nitro benzene ring substituents is 1. The number of hydrogen-bond donors (Lipinski definition) is 0. The second kappa shape index (κ2) is 4.64. The van der Waals surface area contributed by atoms with Crippen molar-refractivity contribution >= 4 is 17.3 Å². The van der Waals surface area contributed by atoms with E-state index in [1.54, 1.807) is 19.1 Å². The molecule has 0 aliphatic rings. The van der Waals surface area contributed by atoms with E-state index in [4.69, 9.17) is 11.6 Å². The van der Waals surface area contributed by atoms with Crippen molar-refractivity contribution < 1.29 is 4.92 Å². The Morgan fingerprint density at radius 2 is 2.29 bits per heavy atom. The number of aryl methyl sites for hydroxylation is 1. The number of rotatable bonds is 1. The molecule has 0 aromatic heterocycles. The van der Waals surface area contributed by atoms with Gasteiger partial charge in [0.1, 0.15) is 0 Å². The van der Waals surface area contributed by atoms with Crippen LogP contribution in [0.4, 0.5) is 5.69 Å². The molecule has 0 bridgehead atoms. The Morgan fingerprint density at radius 1 is 1.57 bits per heavy atom. The van der Waals surface area contributed by atoms with Crippen LogP contribution in [0.1, 0.15) is 11.1 Å². The van der Waals surface area contributed by atoms with E-state index in [1.807, 2.05) is 0 Å². The summed E-state index contributed by atoms with van der Waals surface area (Å²) in [7, 11) is 0. The minimum Gasteiger partial charge on any atom is -0.258 e. The van der Waals surface area contributed by atoms with E-state index in [0.717, 1.165) is 5.56 Å². The SMILES string of the molecule is Cc1cc(C#CCCl)ccc1[N+](=O)[O-]. The monoisotopic (exact) mass is 209 g/mol. The Bertz CT molecular complexity index is 418. The number of halogens is 1. The quantitative estimate of drug-likeness (QED) is 0.309. The second-order valence-electron chi connectivity index (χ2n) is 2.69. The molecule has 1 aromatic rings. The van der Waals surface area contributed by atoms with Gasteiger partial charge in [0.25, 0.3) is 5.69 Å². The largest absolute Gasteiger partial charge is 0.272 e. The number of nitro groups is 1. The van der Waals surface area contributed by atoms with Crippen LogP contribution in [-0.4, -0.2) is 10.8 Å². The lowest BCUT2D eigenvalue weighted by molar-refractivity contribution is -0.385. The summed E-state index contributed by atoms with van der Waals surface area (Å²) >= 11 is 5.39. The highest BCUT2D eigenvalue weighted by Crippen LogP contribution is 2.17. The van der Waals surface area contributed by atoms with Crippen LogP contribution < -0.4 is 0 Å². The average molecular weight is 210 g/mol. The van der Waals surface area contributed by atoms with E-state index < -0.39 is 4.92 Å². The summed E-state index contributed by atoms with van der Waals surface area (Å²) in [6, 6.07) is 4.75. The van der Waals surface area contributed by atoms with Crippen LogP contribution in [-0.2, 0) is 0 Å². The molecule has 0 N–H and O–H groups in total. The van der Waals surface area contributed by atoms with Crippen LogP contribution in [0, 0.1) is 28.9 Å². The van der Waals surface area contributed by atoms with E-state index >= 15 is 0 Å². The predicted molar refractivity (Wildman–Crippen MR) is 55.4 cm³/mol. The summed E-state index contributed by atoms with van der Waals surface area (Å²) in [6.45, 7) is 1.68. The first kappa shape index (κ1) is 10.6. The fourth-order valence-electron chi connectivity index (χ4n) is 1.07. The van der Waals surface area contributed by atoms with Crippen molar-refractivity contribution in [2.24, 2.45) is 0 Å². The summed E-state index contributed by atoms with van der Waals surface area (Å²) in [4.78, 5) is 10.1. The Labute approximate surface area is 86.8 Å². The van der Waals surface area contributed by atoms with Gasteiger partial charge in [-0.05, 0) is 19.1 Å². The summed E-state index contributed by atoms with van der Waals surface area (Å²) < 4.78 is 0. The lowest BCUT2D eigenvalue weighted by atomic mass is 10.1.